The molecule has 0 unspecified atom stereocenters. The van der Waals surface area contributed by atoms with Gasteiger partial charge in [0.25, 0.3) is 5.56 Å². The van der Waals surface area contributed by atoms with Crippen molar-refractivity contribution in [3.8, 4) is 5.75 Å². The van der Waals surface area contributed by atoms with Gasteiger partial charge >= 0.3 is 5.69 Å². The zero-order valence-electron chi connectivity index (χ0n) is 15.2. The highest BCUT2D eigenvalue weighted by atomic mass is 35.5. The molecule has 144 valence electrons. The fourth-order valence-corrected chi connectivity index (χ4v) is 3.71. The highest BCUT2D eigenvalue weighted by Gasteiger charge is 2.14. The van der Waals surface area contributed by atoms with E-state index in [9.17, 15) is 9.59 Å². The minimum Gasteiger partial charge on any atom is -0.493 e. The van der Waals surface area contributed by atoms with E-state index in [0.29, 0.717) is 29.3 Å². The van der Waals surface area contributed by atoms with E-state index in [1.807, 2.05) is 12.1 Å². The average molecular weight is 409 g/mol. The number of rotatable bonds is 8. The highest BCUT2D eigenvalue weighted by molar-refractivity contribution is 7.99. The first-order valence-corrected chi connectivity index (χ1v) is 10.1. The molecule has 2 aromatic heterocycles. The molecule has 0 aliphatic rings. The molecule has 0 fully saturated rings. The summed E-state index contributed by atoms with van der Waals surface area (Å²) >= 11 is 7.63. The van der Waals surface area contributed by atoms with Gasteiger partial charge in [0.15, 0.2) is 11.2 Å². The van der Waals surface area contributed by atoms with Gasteiger partial charge in [0.05, 0.1) is 12.9 Å². The molecule has 0 amide bonds. The third-order valence-corrected chi connectivity index (χ3v) is 5.43. The third kappa shape index (κ3) is 4.39. The Bertz CT molecular complexity index is 1060. The molecular formula is C18H21ClN4O3S. The van der Waals surface area contributed by atoms with Gasteiger partial charge in [-0.05, 0) is 30.4 Å². The summed E-state index contributed by atoms with van der Waals surface area (Å²) in [6.45, 7) is 0.961. The van der Waals surface area contributed by atoms with Crippen LogP contribution in [0.5, 0.6) is 5.75 Å². The molecule has 9 heteroatoms. The Morgan fingerprint density at radius 3 is 2.81 bits per heavy atom. The Balaban J connectivity index is 1.50. The molecule has 3 rings (SSSR count). The number of imidazole rings is 1. The molecule has 0 aliphatic carbocycles. The van der Waals surface area contributed by atoms with E-state index in [4.69, 9.17) is 16.3 Å². The fourth-order valence-electron chi connectivity index (χ4n) is 2.80. The first-order valence-electron chi connectivity index (χ1n) is 8.56. The van der Waals surface area contributed by atoms with Crippen LogP contribution in [-0.2, 0) is 20.6 Å². The number of aryl methyl sites for hydroxylation is 2. The Kier molecular flexibility index (Phi) is 6.28. The van der Waals surface area contributed by atoms with Crippen molar-refractivity contribution >= 4 is 34.5 Å². The lowest BCUT2D eigenvalue weighted by Crippen LogP contribution is -2.39. The van der Waals surface area contributed by atoms with Crippen LogP contribution in [0.1, 0.15) is 6.42 Å². The summed E-state index contributed by atoms with van der Waals surface area (Å²) in [6.07, 6.45) is 2.27. The zero-order valence-corrected chi connectivity index (χ0v) is 16.8. The number of fused-ring (bicyclic) bond motifs is 1. The Morgan fingerprint density at radius 2 is 2.04 bits per heavy atom. The van der Waals surface area contributed by atoms with Crippen molar-refractivity contribution in [1.82, 2.24) is 18.7 Å². The number of nitrogens with zero attached hydrogens (tertiary/aromatic N) is 4. The van der Waals surface area contributed by atoms with Crippen LogP contribution < -0.4 is 16.0 Å². The summed E-state index contributed by atoms with van der Waals surface area (Å²) in [7, 11) is 3.39. The van der Waals surface area contributed by atoms with Gasteiger partial charge in [-0.15, -0.1) is 0 Å². The Hall–Kier alpha value is -2.19. The van der Waals surface area contributed by atoms with Crippen molar-refractivity contribution < 1.29 is 4.74 Å². The van der Waals surface area contributed by atoms with Crippen LogP contribution in [0.25, 0.3) is 11.2 Å². The lowest BCUT2D eigenvalue weighted by molar-refractivity contribution is 0.344. The molecule has 2 heterocycles. The predicted molar refractivity (Wildman–Crippen MR) is 109 cm³/mol. The molecule has 0 bridgehead atoms. The van der Waals surface area contributed by atoms with Crippen LogP contribution in [0.2, 0.25) is 5.02 Å². The van der Waals surface area contributed by atoms with Crippen LogP contribution in [0.15, 0.2) is 40.2 Å². The minimum atomic E-state index is -0.333. The van der Waals surface area contributed by atoms with Crippen molar-refractivity contribution in [2.75, 3.05) is 18.1 Å². The predicted octanol–water partition coefficient (Wildman–Crippen LogP) is 2.29. The zero-order chi connectivity index (χ0) is 19.4. The second-order valence-electron chi connectivity index (χ2n) is 6.10. The minimum absolute atomic E-state index is 0.289. The van der Waals surface area contributed by atoms with E-state index < -0.39 is 0 Å². The van der Waals surface area contributed by atoms with Crippen molar-refractivity contribution in [2.45, 2.75) is 13.0 Å². The average Bonchev–Trinajstić information content (AvgIpc) is 3.03. The molecule has 0 atom stereocenters. The van der Waals surface area contributed by atoms with Crippen LogP contribution in [0.3, 0.4) is 0 Å². The lowest BCUT2D eigenvalue weighted by atomic mass is 10.3. The van der Waals surface area contributed by atoms with Crippen LogP contribution in [0.4, 0.5) is 0 Å². The molecule has 0 radical (unpaired) electrons. The van der Waals surface area contributed by atoms with E-state index in [-0.39, 0.29) is 11.2 Å². The van der Waals surface area contributed by atoms with Gasteiger partial charge < -0.3 is 9.30 Å². The molecule has 0 spiro atoms. The SMILES string of the molecule is Cn1cnc2c1c(=O)n(CCCSCCOc1cccc(Cl)c1)c(=O)n2C. The van der Waals surface area contributed by atoms with Crippen molar-refractivity contribution in [3.05, 3.63) is 56.5 Å². The second kappa shape index (κ2) is 8.67. The lowest BCUT2D eigenvalue weighted by Gasteiger charge is -2.09. The molecule has 27 heavy (non-hydrogen) atoms. The van der Waals surface area contributed by atoms with Gasteiger partial charge in [0, 0.05) is 31.4 Å². The van der Waals surface area contributed by atoms with Crippen molar-refractivity contribution in [3.63, 3.8) is 0 Å². The van der Waals surface area contributed by atoms with Crippen LogP contribution in [0, 0.1) is 0 Å². The van der Waals surface area contributed by atoms with Crippen LogP contribution >= 0.6 is 23.4 Å². The maximum Gasteiger partial charge on any atom is 0.332 e. The van der Waals surface area contributed by atoms with Gasteiger partial charge in [-0.25, -0.2) is 9.78 Å². The number of hydrogen-bond donors (Lipinski definition) is 0. The Morgan fingerprint density at radius 1 is 1.22 bits per heavy atom. The summed E-state index contributed by atoms with van der Waals surface area (Å²) in [4.78, 5) is 29.1. The molecule has 1 aromatic carbocycles. The molecule has 3 aromatic rings. The van der Waals surface area contributed by atoms with Crippen LogP contribution in [-0.4, -0.2) is 36.8 Å². The smallest absolute Gasteiger partial charge is 0.332 e. The summed E-state index contributed by atoms with van der Waals surface area (Å²) in [5, 5.41) is 0.651. The number of aromatic nitrogens is 4. The number of ether oxygens (including phenoxy) is 1. The largest absolute Gasteiger partial charge is 0.493 e. The Labute approximate surface area is 165 Å². The normalized spacial score (nSPS) is 11.2. The number of hydrogen-bond acceptors (Lipinski definition) is 5. The third-order valence-electron chi connectivity index (χ3n) is 4.16. The highest BCUT2D eigenvalue weighted by Crippen LogP contribution is 2.17. The second-order valence-corrected chi connectivity index (χ2v) is 7.76. The fraction of sp³-hybridized carbons (Fsp3) is 0.389. The number of benzene rings is 1. The van der Waals surface area contributed by atoms with E-state index in [1.54, 1.807) is 48.9 Å². The molecule has 0 aliphatic heterocycles. The topological polar surface area (TPSA) is 71.1 Å². The van der Waals surface area contributed by atoms with Crippen molar-refractivity contribution in [2.24, 2.45) is 14.1 Å². The summed E-state index contributed by atoms with van der Waals surface area (Å²) in [5.41, 5.74) is 0.235. The van der Waals surface area contributed by atoms with Gasteiger partial charge in [0.1, 0.15) is 5.75 Å². The summed E-state index contributed by atoms with van der Waals surface area (Å²) < 4.78 is 9.99. The summed E-state index contributed by atoms with van der Waals surface area (Å²) in [6, 6.07) is 7.30. The van der Waals surface area contributed by atoms with E-state index in [1.165, 1.54) is 9.13 Å². The molecular weight excluding hydrogens is 388 g/mol. The standard InChI is InChI=1S/C18H21ClN4O3S/c1-21-12-20-16-15(21)17(24)23(18(25)22(16)2)7-4-9-27-10-8-26-14-6-3-5-13(19)11-14/h3,5-6,11-12H,4,7-10H2,1-2H3. The first-order chi connectivity index (χ1) is 13.0. The summed E-state index contributed by atoms with van der Waals surface area (Å²) in [5.74, 6) is 2.40. The van der Waals surface area contributed by atoms with E-state index >= 15 is 0 Å². The van der Waals surface area contributed by atoms with E-state index in [0.717, 1.165) is 23.7 Å². The number of thioether (sulfide) groups is 1. The molecule has 0 saturated heterocycles. The van der Waals surface area contributed by atoms with E-state index in [2.05, 4.69) is 4.98 Å². The maximum atomic E-state index is 12.6. The quantitative estimate of drug-likeness (QED) is 0.535. The maximum absolute atomic E-state index is 12.6. The number of halogens is 1. The molecule has 0 N–H and O–H groups in total. The van der Waals surface area contributed by atoms with Crippen molar-refractivity contribution in [1.29, 1.82) is 0 Å². The van der Waals surface area contributed by atoms with Gasteiger partial charge in [-0.3, -0.25) is 13.9 Å². The molecule has 7 nitrogen and oxygen atoms in total. The van der Waals surface area contributed by atoms with Gasteiger partial charge in [-0.1, -0.05) is 17.7 Å². The van der Waals surface area contributed by atoms with Gasteiger partial charge in [-0.2, -0.15) is 11.8 Å². The molecule has 0 saturated carbocycles. The van der Waals surface area contributed by atoms with Gasteiger partial charge in [0.2, 0.25) is 0 Å². The monoisotopic (exact) mass is 408 g/mol. The first kappa shape index (κ1) is 19.6.